The molecule has 2 N–H and O–H groups in total. The molecule has 0 fully saturated rings. The first-order valence-corrected chi connectivity index (χ1v) is 10.3. The van der Waals surface area contributed by atoms with Gasteiger partial charge in [-0.1, -0.05) is 37.0 Å². The maximum Gasteiger partial charge on any atom is 0.329 e. The van der Waals surface area contributed by atoms with E-state index >= 15 is 0 Å². The second-order valence-electron chi connectivity index (χ2n) is 6.57. The van der Waals surface area contributed by atoms with Crippen molar-refractivity contribution in [2.75, 3.05) is 0 Å². The van der Waals surface area contributed by atoms with Gasteiger partial charge in [0.05, 0.1) is 16.1 Å². The Balaban J connectivity index is 1.70. The van der Waals surface area contributed by atoms with E-state index in [9.17, 15) is 14.4 Å². The van der Waals surface area contributed by atoms with Gasteiger partial charge in [0, 0.05) is 5.02 Å². The van der Waals surface area contributed by atoms with Crippen molar-refractivity contribution in [3.8, 4) is 0 Å². The molecule has 0 radical (unpaired) electrons. The van der Waals surface area contributed by atoms with Crippen molar-refractivity contribution >= 4 is 56.6 Å². The first-order chi connectivity index (χ1) is 13.8. The Morgan fingerprint density at radius 1 is 1.28 bits per heavy atom. The Bertz CT molecular complexity index is 1130. The Morgan fingerprint density at radius 2 is 2.03 bits per heavy atom. The summed E-state index contributed by atoms with van der Waals surface area (Å²) in [6.07, 6.45) is 0. The van der Waals surface area contributed by atoms with Crippen molar-refractivity contribution in [2.45, 2.75) is 26.5 Å². The molecular weight excluding hydrogens is 437 g/mol. The van der Waals surface area contributed by atoms with Crippen LogP contribution < -0.4 is 10.9 Å². The quantitative estimate of drug-likeness (QED) is 0.552. The van der Waals surface area contributed by atoms with Gasteiger partial charge in [-0.3, -0.25) is 9.59 Å². The fourth-order valence-electron chi connectivity index (χ4n) is 2.61. The second kappa shape index (κ2) is 8.94. The minimum absolute atomic E-state index is 0.178. The van der Waals surface area contributed by atoms with Crippen LogP contribution in [0.4, 0.5) is 0 Å². The average molecular weight is 454 g/mol. The molecule has 0 bridgehead atoms. The molecule has 0 unspecified atom stereocenters. The molecule has 3 aromatic rings. The molecule has 1 amide bonds. The van der Waals surface area contributed by atoms with Gasteiger partial charge >= 0.3 is 5.97 Å². The van der Waals surface area contributed by atoms with Crippen LogP contribution in [0.1, 0.15) is 30.0 Å². The molecule has 7 nitrogen and oxygen atoms in total. The van der Waals surface area contributed by atoms with E-state index in [2.05, 4.69) is 15.3 Å². The largest absolute Gasteiger partial charge is 0.456 e. The van der Waals surface area contributed by atoms with Gasteiger partial charge in [0.1, 0.15) is 23.2 Å². The molecule has 152 valence electrons. The molecule has 1 atom stereocenters. The van der Waals surface area contributed by atoms with Crippen molar-refractivity contribution in [3.05, 3.63) is 61.4 Å². The lowest BCUT2D eigenvalue weighted by Crippen LogP contribution is -2.45. The summed E-state index contributed by atoms with van der Waals surface area (Å²) >= 11 is 13.2. The summed E-state index contributed by atoms with van der Waals surface area (Å²) in [4.78, 5) is 43.9. The SMILES string of the molecule is CC(C)[C@H](NC(=O)c1ccc(Cl)cc1Cl)C(=O)OCc1nc2ccsc2c(=O)[nH]1. The van der Waals surface area contributed by atoms with E-state index in [1.807, 2.05) is 0 Å². The van der Waals surface area contributed by atoms with E-state index in [1.165, 1.54) is 29.5 Å². The fourth-order valence-corrected chi connectivity index (χ4v) is 3.83. The van der Waals surface area contributed by atoms with Crippen LogP contribution in [-0.2, 0) is 16.1 Å². The number of hydrogen-bond acceptors (Lipinski definition) is 6. The third kappa shape index (κ3) is 4.95. The number of carbonyl (C=O) groups excluding carboxylic acids is 2. The lowest BCUT2D eigenvalue weighted by molar-refractivity contribution is -0.148. The predicted octanol–water partition coefficient (Wildman–Crippen LogP) is 3.79. The lowest BCUT2D eigenvalue weighted by atomic mass is 10.0. The van der Waals surface area contributed by atoms with E-state index in [0.29, 0.717) is 15.2 Å². The zero-order valence-electron chi connectivity index (χ0n) is 15.5. The number of hydrogen-bond donors (Lipinski definition) is 2. The number of nitrogens with one attached hydrogen (secondary N) is 2. The van der Waals surface area contributed by atoms with Gasteiger partial charge in [0.15, 0.2) is 0 Å². The zero-order chi connectivity index (χ0) is 21.1. The highest BCUT2D eigenvalue weighted by Gasteiger charge is 2.27. The third-order valence-electron chi connectivity index (χ3n) is 4.10. The van der Waals surface area contributed by atoms with Gasteiger partial charge in [-0.2, -0.15) is 0 Å². The number of H-pyrrole nitrogens is 1. The number of nitrogens with zero attached hydrogens (tertiary/aromatic N) is 1. The number of fused-ring (bicyclic) bond motifs is 1. The van der Waals surface area contributed by atoms with Crippen LogP contribution >= 0.6 is 34.5 Å². The molecule has 1 aromatic carbocycles. The van der Waals surface area contributed by atoms with Gasteiger partial charge in [-0.05, 0) is 35.6 Å². The molecule has 10 heteroatoms. The van der Waals surface area contributed by atoms with Gasteiger partial charge in [-0.15, -0.1) is 11.3 Å². The maximum absolute atomic E-state index is 12.6. The Hall–Kier alpha value is -2.42. The number of aromatic amines is 1. The standard InChI is InChI=1S/C19H17Cl2N3O4S/c1-9(2)15(24-17(25)11-4-3-10(20)7-12(11)21)19(27)28-8-14-22-13-5-6-29-16(13)18(26)23-14/h3-7,9,15H,8H2,1-2H3,(H,24,25)(H,22,23,26)/t15-/m0/s1. The summed E-state index contributed by atoms with van der Waals surface area (Å²) in [7, 11) is 0. The average Bonchev–Trinajstić information content (AvgIpc) is 3.13. The molecule has 2 heterocycles. The number of amides is 1. The molecule has 0 saturated heterocycles. The van der Waals surface area contributed by atoms with Crippen LogP contribution in [0.25, 0.3) is 10.2 Å². The van der Waals surface area contributed by atoms with Crippen LogP contribution in [-0.4, -0.2) is 27.9 Å². The molecule has 0 saturated carbocycles. The summed E-state index contributed by atoms with van der Waals surface area (Å²) < 4.78 is 5.79. The maximum atomic E-state index is 12.6. The summed E-state index contributed by atoms with van der Waals surface area (Å²) in [6, 6.07) is 5.27. The number of thiophene rings is 1. The molecule has 0 aliphatic carbocycles. The van der Waals surface area contributed by atoms with Gasteiger partial charge in [-0.25, -0.2) is 9.78 Å². The van der Waals surface area contributed by atoms with Crippen LogP contribution in [0.15, 0.2) is 34.4 Å². The summed E-state index contributed by atoms with van der Waals surface area (Å²) in [5, 5.41) is 4.97. The molecule has 2 aromatic heterocycles. The van der Waals surface area contributed by atoms with Gasteiger partial charge in [0.25, 0.3) is 11.5 Å². The number of carbonyl (C=O) groups is 2. The Labute approximate surface area is 180 Å². The van der Waals surface area contributed by atoms with Crippen molar-refractivity contribution < 1.29 is 14.3 Å². The van der Waals surface area contributed by atoms with Crippen LogP contribution in [0.2, 0.25) is 10.0 Å². The molecule has 3 rings (SSSR count). The monoisotopic (exact) mass is 453 g/mol. The van der Waals surface area contributed by atoms with Crippen molar-refractivity contribution in [1.29, 1.82) is 0 Å². The van der Waals surface area contributed by atoms with Crippen LogP contribution in [0, 0.1) is 5.92 Å². The lowest BCUT2D eigenvalue weighted by Gasteiger charge is -2.21. The zero-order valence-corrected chi connectivity index (χ0v) is 17.8. The van der Waals surface area contributed by atoms with E-state index in [4.69, 9.17) is 27.9 Å². The minimum Gasteiger partial charge on any atom is -0.456 e. The molecule has 0 aliphatic heterocycles. The van der Waals surface area contributed by atoms with Crippen molar-refractivity contribution in [2.24, 2.45) is 5.92 Å². The summed E-state index contributed by atoms with van der Waals surface area (Å²) in [6.45, 7) is 3.32. The number of ether oxygens (including phenoxy) is 1. The number of aromatic nitrogens is 2. The van der Waals surface area contributed by atoms with E-state index < -0.39 is 17.9 Å². The first kappa shape index (κ1) is 21.3. The van der Waals surface area contributed by atoms with Crippen LogP contribution in [0.5, 0.6) is 0 Å². The van der Waals surface area contributed by atoms with Crippen molar-refractivity contribution in [1.82, 2.24) is 15.3 Å². The fraction of sp³-hybridized carbons (Fsp3) is 0.263. The Kier molecular flexibility index (Phi) is 6.56. The summed E-state index contributed by atoms with van der Waals surface area (Å²) in [5.41, 5.74) is 0.446. The highest BCUT2D eigenvalue weighted by molar-refractivity contribution is 7.17. The number of rotatable bonds is 6. The predicted molar refractivity (Wildman–Crippen MR) is 113 cm³/mol. The topological polar surface area (TPSA) is 101 Å². The number of benzene rings is 1. The number of esters is 1. The molecule has 0 aliphatic rings. The Morgan fingerprint density at radius 3 is 2.72 bits per heavy atom. The second-order valence-corrected chi connectivity index (χ2v) is 8.33. The molecule has 0 spiro atoms. The number of halogens is 2. The molecular formula is C19H17Cl2N3O4S. The highest BCUT2D eigenvalue weighted by atomic mass is 35.5. The smallest absolute Gasteiger partial charge is 0.329 e. The minimum atomic E-state index is -0.911. The summed E-state index contributed by atoms with van der Waals surface area (Å²) in [5.74, 6) is -1.19. The van der Waals surface area contributed by atoms with Crippen molar-refractivity contribution in [3.63, 3.8) is 0 Å². The molecule has 29 heavy (non-hydrogen) atoms. The van der Waals surface area contributed by atoms with Gasteiger partial charge < -0.3 is 15.0 Å². The highest BCUT2D eigenvalue weighted by Crippen LogP contribution is 2.21. The van der Waals surface area contributed by atoms with E-state index in [-0.39, 0.29) is 34.5 Å². The van der Waals surface area contributed by atoms with E-state index in [0.717, 1.165) is 0 Å². The normalized spacial score (nSPS) is 12.2. The van der Waals surface area contributed by atoms with E-state index in [1.54, 1.807) is 25.3 Å². The van der Waals surface area contributed by atoms with Crippen LogP contribution in [0.3, 0.4) is 0 Å². The van der Waals surface area contributed by atoms with Gasteiger partial charge in [0.2, 0.25) is 0 Å². The third-order valence-corrected chi connectivity index (χ3v) is 5.55. The first-order valence-electron chi connectivity index (χ1n) is 8.65.